The number of carbonyl (C=O) groups excluding carboxylic acids is 3. The largest absolute Gasteiger partial charge is 0.444 e. The van der Waals surface area contributed by atoms with Crippen molar-refractivity contribution in [3.8, 4) is 12.3 Å². The van der Waals surface area contributed by atoms with E-state index < -0.39 is 23.3 Å². The van der Waals surface area contributed by atoms with Crippen molar-refractivity contribution in [1.82, 2.24) is 15.5 Å². The molecule has 1 saturated carbocycles. The Morgan fingerprint density at radius 2 is 1.72 bits per heavy atom. The van der Waals surface area contributed by atoms with Crippen LogP contribution >= 0.6 is 0 Å². The highest BCUT2D eigenvalue weighted by Crippen LogP contribution is 2.33. The van der Waals surface area contributed by atoms with Gasteiger partial charge in [0, 0.05) is 17.1 Å². The smallest absolute Gasteiger partial charge is 0.408 e. The Labute approximate surface area is 191 Å². The summed E-state index contributed by atoms with van der Waals surface area (Å²) in [5.41, 5.74) is 0.214. The van der Waals surface area contributed by atoms with Gasteiger partial charge in [0.1, 0.15) is 18.2 Å². The number of alkyl carbamates (subject to hydrolysis) is 1. The summed E-state index contributed by atoms with van der Waals surface area (Å²) in [6.45, 7) is 10.7. The molecular formula is C25H35N3O4. The van der Waals surface area contributed by atoms with Gasteiger partial charge in [-0.1, -0.05) is 18.1 Å². The fourth-order valence-corrected chi connectivity index (χ4v) is 3.41. The second kappa shape index (κ2) is 10.1. The molecule has 0 aromatic heterocycles. The molecule has 1 aliphatic carbocycles. The number of ether oxygens (including phenoxy) is 1. The van der Waals surface area contributed by atoms with Crippen LogP contribution < -0.4 is 10.6 Å². The molecule has 1 atom stereocenters. The Hall–Kier alpha value is -3.01. The first-order valence-corrected chi connectivity index (χ1v) is 11.0. The molecule has 1 unspecified atom stereocenters. The first-order valence-electron chi connectivity index (χ1n) is 11.0. The van der Waals surface area contributed by atoms with E-state index in [9.17, 15) is 14.4 Å². The number of benzene rings is 1. The summed E-state index contributed by atoms with van der Waals surface area (Å²) in [6, 6.07) is 6.17. The molecule has 2 N–H and O–H groups in total. The number of nitrogens with zero attached hydrogens (tertiary/aromatic N) is 1. The van der Waals surface area contributed by atoms with E-state index in [1.807, 2.05) is 20.8 Å². The van der Waals surface area contributed by atoms with Gasteiger partial charge in [-0.3, -0.25) is 9.59 Å². The second-order valence-corrected chi connectivity index (χ2v) is 10.1. The standard InChI is InChI=1S/C25H35N3O4/c1-8-17-12-14-18(15-13-17)21(22(30)27-24(2,3)4)28(19-10-9-11-19)20(29)16-26-23(31)32-25(5,6)7/h1,12-15,19,21H,9-11,16H2,2-7H3,(H,26,31)(H,27,30). The lowest BCUT2D eigenvalue weighted by molar-refractivity contribution is -0.145. The van der Waals surface area contributed by atoms with Crippen LogP contribution in [0.25, 0.3) is 0 Å². The minimum absolute atomic E-state index is 0.0778. The average Bonchev–Trinajstić information content (AvgIpc) is 2.62. The highest BCUT2D eigenvalue weighted by Gasteiger charge is 2.39. The third kappa shape index (κ3) is 7.30. The summed E-state index contributed by atoms with van der Waals surface area (Å²) in [5, 5.41) is 5.52. The van der Waals surface area contributed by atoms with Gasteiger partial charge in [0.25, 0.3) is 0 Å². The molecule has 1 aromatic carbocycles. The van der Waals surface area contributed by atoms with Gasteiger partial charge in [-0.2, -0.15) is 0 Å². The molecule has 32 heavy (non-hydrogen) atoms. The Bertz CT molecular complexity index is 868. The zero-order valence-electron chi connectivity index (χ0n) is 20.0. The maximum atomic E-state index is 13.4. The minimum atomic E-state index is -0.834. The molecule has 2 rings (SSSR count). The number of hydrogen-bond donors (Lipinski definition) is 2. The summed E-state index contributed by atoms with van der Waals surface area (Å²) >= 11 is 0. The van der Waals surface area contributed by atoms with Crippen LogP contribution in [-0.2, 0) is 14.3 Å². The molecule has 0 heterocycles. The zero-order valence-corrected chi connectivity index (χ0v) is 20.0. The summed E-state index contributed by atoms with van der Waals surface area (Å²) in [7, 11) is 0. The molecule has 0 radical (unpaired) electrons. The van der Waals surface area contributed by atoms with Crippen LogP contribution in [-0.4, -0.2) is 46.5 Å². The summed E-state index contributed by atoms with van der Waals surface area (Å²) in [4.78, 5) is 40.3. The lowest BCUT2D eigenvalue weighted by atomic mass is 9.88. The lowest BCUT2D eigenvalue weighted by Gasteiger charge is -2.43. The molecule has 0 bridgehead atoms. The van der Waals surface area contributed by atoms with E-state index in [0.717, 1.165) is 19.3 Å². The van der Waals surface area contributed by atoms with Gasteiger partial charge in [0.05, 0.1) is 0 Å². The number of rotatable bonds is 6. The Morgan fingerprint density at radius 3 is 2.16 bits per heavy atom. The second-order valence-electron chi connectivity index (χ2n) is 10.1. The van der Waals surface area contributed by atoms with Gasteiger partial charge in [-0.05, 0) is 78.5 Å². The number of amides is 3. The highest BCUT2D eigenvalue weighted by atomic mass is 16.6. The van der Waals surface area contributed by atoms with Crippen LogP contribution in [0.2, 0.25) is 0 Å². The first kappa shape index (κ1) is 25.3. The predicted molar refractivity (Wildman–Crippen MR) is 124 cm³/mol. The summed E-state index contributed by atoms with van der Waals surface area (Å²) in [5.74, 6) is 1.95. The molecule has 0 spiro atoms. The fourth-order valence-electron chi connectivity index (χ4n) is 3.41. The Kier molecular flexibility index (Phi) is 7.95. The maximum Gasteiger partial charge on any atom is 0.408 e. The molecular weight excluding hydrogens is 406 g/mol. The Balaban J connectivity index is 2.33. The summed E-state index contributed by atoms with van der Waals surface area (Å²) in [6.07, 6.45) is 7.39. The van der Waals surface area contributed by atoms with Crippen molar-refractivity contribution >= 4 is 17.9 Å². The van der Waals surface area contributed by atoms with Gasteiger partial charge in [-0.15, -0.1) is 6.42 Å². The van der Waals surface area contributed by atoms with Crippen molar-refractivity contribution in [2.75, 3.05) is 6.54 Å². The van der Waals surface area contributed by atoms with Crippen LogP contribution in [0.15, 0.2) is 24.3 Å². The van der Waals surface area contributed by atoms with Crippen LogP contribution in [0.1, 0.15) is 78.0 Å². The van der Waals surface area contributed by atoms with Crippen LogP contribution in [0.3, 0.4) is 0 Å². The maximum absolute atomic E-state index is 13.4. The highest BCUT2D eigenvalue weighted by molar-refractivity contribution is 5.91. The van der Waals surface area contributed by atoms with Crippen molar-refractivity contribution < 1.29 is 19.1 Å². The van der Waals surface area contributed by atoms with Crippen molar-refractivity contribution in [2.45, 2.75) is 84.0 Å². The molecule has 3 amide bonds. The molecule has 0 saturated heterocycles. The van der Waals surface area contributed by atoms with Crippen molar-refractivity contribution in [3.05, 3.63) is 35.4 Å². The minimum Gasteiger partial charge on any atom is -0.444 e. The normalized spacial score (nSPS) is 15.0. The Morgan fingerprint density at radius 1 is 1.12 bits per heavy atom. The van der Waals surface area contributed by atoms with Crippen molar-refractivity contribution in [3.63, 3.8) is 0 Å². The zero-order chi connectivity index (χ0) is 24.1. The third-order valence-corrected chi connectivity index (χ3v) is 4.96. The lowest BCUT2D eigenvalue weighted by Crippen LogP contribution is -2.55. The molecule has 0 aliphatic heterocycles. The van der Waals surface area contributed by atoms with Crippen LogP contribution in [0, 0.1) is 12.3 Å². The number of terminal acetylenes is 1. The molecule has 7 heteroatoms. The van der Waals surface area contributed by atoms with E-state index >= 15 is 0 Å². The number of nitrogens with one attached hydrogen (secondary N) is 2. The topological polar surface area (TPSA) is 87.7 Å². The quantitative estimate of drug-likeness (QED) is 0.661. The van der Waals surface area contributed by atoms with E-state index in [1.165, 1.54) is 0 Å². The predicted octanol–water partition coefficient (Wildman–Crippen LogP) is 3.53. The van der Waals surface area contributed by atoms with Gasteiger partial charge in [-0.25, -0.2) is 4.79 Å². The SMILES string of the molecule is C#Cc1ccc(C(C(=O)NC(C)(C)C)N(C(=O)CNC(=O)OC(C)(C)C)C2CCC2)cc1. The fraction of sp³-hybridized carbons (Fsp3) is 0.560. The van der Waals surface area contributed by atoms with Gasteiger partial charge in [0.2, 0.25) is 11.8 Å². The van der Waals surface area contributed by atoms with Crippen molar-refractivity contribution in [2.24, 2.45) is 0 Å². The van der Waals surface area contributed by atoms with E-state index in [-0.39, 0.29) is 24.4 Å². The first-order chi connectivity index (χ1) is 14.8. The van der Waals surface area contributed by atoms with E-state index in [0.29, 0.717) is 11.1 Å². The third-order valence-electron chi connectivity index (χ3n) is 4.96. The van der Waals surface area contributed by atoms with Gasteiger partial charge < -0.3 is 20.3 Å². The van der Waals surface area contributed by atoms with E-state index in [1.54, 1.807) is 49.9 Å². The molecule has 174 valence electrons. The van der Waals surface area contributed by atoms with Crippen LogP contribution in [0.4, 0.5) is 4.79 Å². The average molecular weight is 442 g/mol. The van der Waals surface area contributed by atoms with E-state index in [4.69, 9.17) is 11.2 Å². The number of hydrogen-bond acceptors (Lipinski definition) is 4. The summed E-state index contributed by atoms with van der Waals surface area (Å²) < 4.78 is 5.23. The number of carbonyl (C=O) groups is 3. The van der Waals surface area contributed by atoms with Gasteiger partial charge in [0.15, 0.2) is 0 Å². The monoisotopic (exact) mass is 441 g/mol. The van der Waals surface area contributed by atoms with Gasteiger partial charge >= 0.3 is 6.09 Å². The molecule has 7 nitrogen and oxygen atoms in total. The molecule has 1 aromatic rings. The molecule has 1 aliphatic rings. The van der Waals surface area contributed by atoms with E-state index in [2.05, 4.69) is 16.6 Å². The van der Waals surface area contributed by atoms with Crippen molar-refractivity contribution in [1.29, 1.82) is 0 Å². The van der Waals surface area contributed by atoms with Crippen LogP contribution in [0.5, 0.6) is 0 Å². The molecule has 1 fully saturated rings.